The van der Waals surface area contributed by atoms with Crippen LogP contribution in [0.2, 0.25) is 0 Å². The molecule has 2 aromatic rings. The highest BCUT2D eigenvalue weighted by Gasteiger charge is 2.26. The van der Waals surface area contributed by atoms with Crippen molar-refractivity contribution in [3.05, 3.63) is 34.7 Å². The lowest BCUT2D eigenvalue weighted by molar-refractivity contribution is 0.0687. The molecular weight excluding hydrogens is 278 g/mol. The lowest BCUT2D eigenvalue weighted by atomic mass is 9.99. The van der Waals surface area contributed by atoms with Crippen LogP contribution in [-0.2, 0) is 6.42 Å². The molecule has 3 rings (SSSR count). The summed E-state index contributed by atoms with van der Waals surface area (Å²) in [5.41, 5.74) is 1.27. The second kappa shape index (κ2) is 6.18. The van der Waals surface area contributed by atoms with Gasteiger partial charge >= 0.3 is 0 Å². The SMILES string of the molecule is CCCc1c(C(=O)N2CCCC(C)C2)sc2ccccc12. The average molecular weight is 301 g/mol. The number of hydrogen-bond donors (Lipinski definition) is 0. The summed E-state index contributed by atoms with van der Waals surface area (Å²) in [6.45, 7) is 6.27. The maximum atomic E-state index is 12.9. The van der Waals surface area contributed by atoms with E-state index in [9.17, 15) is 4.79 Å². The Kier molecular flexibility index (Phi) is 4.29. The largest absolute Gasteiger partial charge is 0.338 e. The molecule has 1 unspecified atom stereocenters. The molecule has 1 aliphatic rings. The molecule has 1 saturated heterocycles. The minimum atomic E-state index is 0.256. The summed E-state index contributed by atoms with van der Waals surface area (Å²) in [6.07, 6.45) is 4.46. The minimum Gasteiger partial charge on any atom is -0.338 e. The number of benzene rings is 1. The fraction of sp³-hybridized carbons (Fsp3) is 0.500. The maximum absolute atomic E-state index is 12.9. The van der Waals surface area contributed by atoms with Crippen molar-refractivity contribution in [2.24, 2.45) is 5.92 Å². The minimum absolute atomic E-state index is 0.256. The topological polar surface area (TPSA) is 20.3 Å². The Bertz CT molecular complexity index is 646. The number of piperidine rings is 1. The Morgan fingerprint density at radius 1 is 1.38 bits per heavy atom. The van der Waals surface area contributed by atoms with Gasteiger partial charge in [0.1, 0.15) is 0 Å². The third-order valence-corrected chi connectivity index (χ3v) is 5.54. The fourth-order valence-electron chi connectivity index (χ4n) is 3.29. The van der Waals surface area contributed by atoms with Gasteiger partial charge < -0.3 is 4.90 Å². The van der Waals surface area contributed by atoms with Gasteiger partial charge in [-0.3, -0.25) is 4.79 Å². The average Bonchev–Trinajstić information content (AvgIpc) is 2.86. The van der Waals surface area contributed by atoms with Crippen molar-refractivity contribution in [2.75, 3.05) is 13.1 Å². The lowest BCUT2D eigenvalue weighted by Gasteiger charge is -2.30. The predicted molar refractivity (Wildman–Crippen MR) is 90.1 cm³/mol. The summed E-state index contributed by atoms with van der Waals surface area (Å²) in [5.74, 6) is 0.887. The highest BCUT2D eigenvalue weighted by atomic mass is 32.1. The number of rotatable bonds is 3. The molecule has 0 radical (unpaired) electrons. The second-order valence-electron chi connectivity index (χ2n) is 6.15. The van der Waals surface area contributed by atoms with E-state index in [0.717, 1.165) is 37.2 Å². The molecule has 2 heterocycles. The van der Waals surface area contributed by atoms with Gasteiger partial charge in [0.15, 0.2) is 0 Å². The van der Waals surface area contributed by atoms with Crippen LogP contribution in [0.5, 0.6) is 0 Å². The third-order valence-electron chi connectivity index (χ3n) is 4.34. The molecule has 112 valence electrons. The summed E-state index contributed by atoms with van der Waals surface area (Å²) >= 11 is 1.68. The van der Waals surface area contributed by atoms with Crippen LogP contribution in [0, 0.1) is 5.92 Å². The first-order valence-corrected chi connectivity index (χ1v) is 8.82. The standard InChI is InChI=1S/C18H23NOS/c1-3-7-15-14-9-4-5-10-16(14)21-17(15)18(20)19-11-6-8-13(2)12-19/h4-5,9-10,13H,3,6-8,11-12H2,1-2H3. The quantitative estimate of drug-likeness (QED) is 0.803. The van der Waals surface area contributed by atoms with E-state index in [1.54, 1.807) is 11.3 Å². The zero-order valence-electron chi connectivity index (χ0n) is 12.9. The molecule has 0 N–H and O–H groups in total. The lowest BCUT2D eigenvalue weighted by Crippen LogP contribution is -2.39. The number of aryl methyl sites for hydroxylation is 1. The normalized spacial score (nSPS) is 19.1. The van der Waals surface area contributed by atoms with Crippen LogP contribution in [0.25, 0.3) is 10.1 Å². The van der Waals surface area contributed by atoms with Gasteiger partial charge in [-0.05, 0) is 42.2 Å². The molecule has 1 aromatic carbocycles. The molecular formula is C18H23NOS. The summed E-state index contributed by atoms with van der Waals surface area (Å²) in [6, 6.07) is 8.43. The van der Waals surface area contributed by atoms with Gasteiger partial charge in [-0.2, -0.15) is 0 Å². The smallest absolute Gasteiger partial charge is 0.264 e. The second-order valence-corrected chi connectivity index (χ2v) is 7.21. The van der Waals surface area contributed by atoms with Gasteiger partial charge in [0.05, 0.1) is 4.88 Å². The summed E-state index contributed by atoms with van der Waals surface area (Å²) in [7, 11) is 0. The predicted octanol–water partition coefficient (Wildman–Crippen LogP) is 4.73. The summed E-state index contributed by atoms with van der Waals surface area (Å²) in [4.78, 5) is 16.0. The maximum Gasteiger partial charge on any atom is 0.264 e. The third kappa shape index (κ3) is 2.84. The Balaban J connectivity index is 1.98. The first-order chi connectivity index (χ1) is 10.2. The van der Waals surface area contributed by atoms with Crippen LogP contribution < -0.4 is 0 Å². The van der Waals surface area contributed by atoms with E-state index in [2.05, 4.69) is 43.0 Å². The van der Waals surface area contributed by atoms with Gasteiger partial charge in [-0.25, -0.2) is 0 Å². The Morgan fingerprint density at radius 2 is 2.19 bits per heavy atom. The van der Waals surface area contributed by atoms with E-state index >= 15 is 0 Å². The molecule has 1 fully saturated rings. The summed E-state index contributed by atoms with van der Waals surface area (Å²) < 4.78 is 1.24. The van der Waals surface area contributed by atoms with E-state index < -0.39 is 0 Å². The molecule has 3 heteroatoms. The van der Waals surface area contributed by atoms with E-state index in [1.807, 2.05) is 0 Å². The number of amides is 1. The van der Waals surface area contributed by atoms with Gasteiger partial charge in [0, 0.05) is 17.8 Å². The molecule has 1 amide bonds. The Hall–Kier alpha value is -1.35. The number of fused-ring (bicyclic) bond motifs is 1. The zero-order valence-corrected chi connectivity index (χ0v) is 13.7. The number of nitrogens with zero attached hydrogens (tertiary/aromatic N) is 1. The van der Waals surface area contributed by atoms with Crippen molar-refractivity contribution < 1.29 is 4.79 Å². The number of carbonyl (C=O) groups excluding carboxylic acids is 1. The van der Waals surface area contributed by atoms with Gasteiger partial charge in [0.2, 0.25) is 0 Å². The van der Waals surface area contributed by atoms with E-state index in [0.29, 0.717) is 5.92 Å². The molecule has 0 bridgehead atoms. The number of likely N-dealkylation sites (tertiary alicyclic amines) is 1. The van der Waals surface area contributed by atoms with E-state index in [-0.39, 0.29) is 5.91 Å². The number of carbonyl (C=O) groups is 1. The van der Waals surface area contributed by atoms with Crippen LogP contribution in [-0.4, -0.2) is 23.9 Å². The Labute approximate surface area is 130 Å². The molecule has 1 aromatic heterocycles. The molecule has 0 saturated carbocycles. The molecule has 1 aliphatic heterocycles. The molecule has 0 spiro atoms. The van der Waals surface area contributed by atoms with Gasteiger partial charge in [0.25, 0.3) is 5.91 Å². The highest BCUT2D eigenvalue weighted by molar-refractivity contribution is 7.21. The molecule has 2 nitrogen and oxygen atoms in total. The first kappa shape index (κ1) is 14.6. The van der Waals surface area contributed by atoms with Crippen molar-refractivity contribution in [3.8, 4) is 0 Å². The van der Waals surface area contributed by atoms with Crippen LogP contribution in [0.4, 0.5) is 0 Å². The molecule has 0 aliphatic carbocycles. The van der Waals surface area contributed by atoms with Crippen molar-refractivity contribution in [3.63, 3.8) is 0 Å². The zero-order chi connectivity index (χ0) is 14.8. The van der Waals surface area contributed by atoms with Crippen molar-refractivity contribution in [1.82, 2.24) is 4.90 Å². The molecule has 1 atom stereocenters. The van der Waals surface area contributed by atoms with E-state index in [4.69, 9.17) is 0 Å². The van der Waals surface area contributed by atoms with Crippen LogP contribution >= 0.6 is 11.3 Å². The monoisotopic (exact) mass is 301 g/mol. The van der Waals surface area contributed by atoms with E-state index in [1.165, 1.54) is 22.1 Å². The number of thiophene rings is 1. The van der Waals surface area contributed by atoms with Crippen molar-refractivity contribution in [1.29, 1.82) is 0 Å². The van der Waals surface area contributed by atoms with Crippen molar-refractivity contribution >= 4 is 27.3 Å². The Morgan fingerprint density at radius 3 is 2.95 bits per heavy atom. The van der Waals surface area contributed by atoms with Crippen molar-refractivity contribution in [2.45, 2.75) is 39.5 Å². The number of hydrogen-bond acceptors (Lipinski definition) is 2. The first-order valence-electron chi connectivity index (χ1n) is 8.00. The van der Waals surface area contributed by atoms with Gasteiger partial charge in [-0.15, -0.1) is 11.3 Å². The van der Waals surface area contributed by atoms with Crippen LogP contribution in [0.15, 0.2) is 24.3 Å². The molecule has 21 heavy (non-hydrogen) atoms. The highest BCUT2D eigenvalue weighted by Crippen LogP contribution is 2.33. The van der Waals surface area contributed by atoms with Gasteiger partial charge in [-0.1, -0.05) is 38.5 Å². The van der Waals surface area contributed by atoms with Crippen LogP contribution in [0.1, 0.15) is 48.3 Å². The summed E-state index contributed by atoms with van der Waals surface area (Å²) in [5, 5.41) is 1.28. The van der Waals surface area contributed by atoms with Crippen LogP contribution in [0.3, 0.4) is 0 Å². The fourth-order valence-corrected chi connectivity index (χ4v) is 4.51.